The van der Waals surface area contributed by atoms with E-state index in [1.54, 1.807) is 0 Å². The molecule has 1 N–H and O–H groups in total. The van der Waals surface area contributed by atoms with Crippen LogP contribution in [-0.2, 0) is 6.42 Å². The van der Waals surface area contributed by atoms with Crippen LogP contribution in [0.2, 0.25) is 0 Å². The van der Waals surface area contributed by atoms with Gasteiger partial charge >= 0.3 is 0 Å². The maximum Gasteiger partial charge on any atom is 0.123 e. The van der Waals surface area contributed by atoms with Gasteiger partial charge in [-0.1, -0.05) is 31.9 Å². The van der Waals surface area contributed by atoms with Gasteiger partial charge in [-0.3, -0.25) is 0 Å². The number of benzene rings is 2. The van der Waals surface area contributed by atoms with Crippen LogP contribution in [0.4, 0.5) is 5.69 Å². The van der Waals surface area contributed by atoms with Crippen molar-refractivity contribution < 1.29 is 4.74 Å². The van der Waals surface area contributed by atoms with Crippen molar-refractivity contribution in [3.8, 4) is 5.75 Å². The molecule has 0 aromatic heterocycles. The minimum atomic E-state index is 0.171. The molecule has 0 bridgehead atoms. The average Bonchev–Trinajstić information content (AvgIpc) is 2.81. The van der Waals surface area contributed by atoms with Gasteiger partial charge in [-0.05, 0) is 57.9 Å². The molecule has 2 nitrogen and oxygen atoms in total. The lowest BCUT2D eigenvalue weighted by molar-refractivity contribution is 0.246. The Hall–Kier alpha value is -0.520. The lowest BCUT2D eigenvalue weighted by Gasteiger charge is -2.14. The van der Waals surface area contributed by atoms with Gasteiger partial charge in [0.05, 0.1) is 6.54 Å². The van der Waals surface area contributed by atoms with Gasteiger partial charge < -0.3 is 10.1 Å². The number of anilines is 1. The Morgan fingerprint density at radius 1 is 1.05 bits per heavy atom. The molecule has 0 fully saturated rings. The molecule has 2 aromatic carbocycles. The molecule has 3 rings (SSSR count). The van der Waals surface area contributed by atoms with E-state index in [-0.39, 0.29) is 6.10 Å². The number of rotatable bonds is 3. The summed E-state index contributed by atoms with van der Waals surface area (Å²) in [5, 5.41) is 3.43. The molecule has 1 atom stereocenters. The van der Waals surface area contributed by atoms with Crippen LogP contribution in [0.1, 0.15) is 5.56 Å². The van der Waals surface area contributed by atoms with Crippen molar-refractivity contribution in [2.75, 3.05) is 11.9 Å². The molecule has 1 aliphatic rings. The van der Waals surface area contributed by atoms with E-state index < -0.39 is 0 Å². The van der Waals surface area contributed by atoms with Crippen molar-refractivity contribution in [2.24, 2.45) is 0 Å². The Balaban J connectivity index is 1.65. The van der Waals surface area contributed by atoms with Crippen LogP contribution in [0, 0.1) is 0 Å². The highest BCUT2D eigenvalue weighted by atomic mass is 79.9. The van der Waals surface area contributed by atoms with Crippen molar-refractivity contribution in [3.63, 3.8) is 0 Å². The Kier molecular flexibility index (Phi) is 4.38. The Morgan fingerprint density at radius 2 is 1.80 bits per heavy atom. The lowest BCUT2D eigenvalue weighted by atomic mass is 10.1. The quantitative estimate of drug-likeness (QED) is 0.661. The fraction of sp³-hybridized carbons (Fsp3) is 0.200. The van der Waals surface area contributed by atoms with E-state index in [0.717, 1.165) is 37.8 Å². The third kappa shape index (κ3) is 3.21. The summed E-state index contributed by atoms with van der Waals surface area (Å²) >= 11 is 10.5. The number of halogens is 3. The number of hydrogen-bond acceptors (Lipinski definition) is 2. The monoisotopic (exact) mass is 459 g/mol. The lowest BCUT2D eigenvalue weighted by Crippen LogP contribution is -2.24. The molecular formula is C15H12Br3NO. The molecule has 1 heterocycles. The van der Waals surface area contributed by atoms with E-state index in [1.807, 2.05) is 24.3 Å². The molecule has 0 saturated heterocycles. The molecule has 5 heteroatoms. The van der Waals surface area contributed by atoms with Crippen molar-refractivity contribution in [1.29, 1.82) is 0 Å². The van der Waals surface area contributed by atoms with Crippen LogP contribution in [0.25, 0.3) is 0 Å². The highest BCUT2D eigenvalue weighted by molar-refractivity contribution is 9.11. The van der Waals surface area contributed by atoms with E-state index in [0.29, 0.717) is 0 Å². The fourth-order valence-electron chi connectivity index (χ4n) is 2.26. The van der Waals surface area contributed by atoms with Crippen LogP contribution in [0.5, 0.6) is 5.75 Å². The second-order valence-electron chi connectivity index (χ2n) is 4.70. The van der Waals surface area contributed by atoms with Gasteiger partial charge in [0.25, 0.3) is 0 Å². The summed E-state index contributed by atoms with van der Waals surface area (Å²) in [7, 11) is 0. The smallest absolute Gasteiger partial charge is 0.123 e. The van der Waals surface area contributed by atoms with Crippen LogP contribution in [0.15, 0.2) is 49.8 Å². The van der Waals surface area contributed by atoms with Crippen LogP contribution >= 0.6 is 47.8 Å². The van der Waals surface area contributed by atoms with E-state index in [9.17, 15) is 0 Å². The zero-order chi connectivity index (χ0) is 14.1. The predicted octanol–water partition coefficient (Wildman–Crippen LogP) is 5.39. The van der Waals surface area contributed by atoms with Crippen LogP contribution in [-0.4, -0.2) is 12.6 Å². The topological polar surface area (TPSA) is 21.3 Å². The third-order valence-electron chi connectivity index (χ3n) is 3.21. The summed E-state index contributed by atoms with van der Waals surface area (Å²) in [5.74, 6) is 0.994. The first-order valence-corrected chi connectivity index (χ1v) is 8.64. The van der Waals surface area contributed by atoms with Gasteiger partial charge in [-0.25, -0.2) is 0 Å². The summed E-state index contributed by atoms with van der Waals surface area (Å²) in [5.41, 5.74) is 2.33. The second kappa shape index (κ2) is 6.08. The van der Waals surface area contributed by atoms with Gasteiger partial charge in [0.2, 0.25) is 0 Å². The highest BCUT2D eigenvalue weighted by Gasteiger charge is 2.22. The van der Waals surface area contributed by atoms with Gasteiger partial charge in [0, 0.05) is 25.5 Å². The first-order chi connectivity index (χ1) is 9.61. The average molecular weight is 462 g/mol. The molecule has 2 aromatic rings. The Morgan fingerprint density at radius 3 is 2.65 bits per heavy atom. The van der Waals surface area contributed by atoms with E-state index in [2.05, 4.69) is 65.2 Å². The largest absolute Gasteiger partial charge is 0.488 e. The van der Waals surface area contributed by atoms with Crippen molar-refractivity contribution >= 4 is 53.5 Å². The summed E-state index contributed by atoms with van der Waals surface area (Å²) in [6.45, 7) is 0.779. The molecule has 1 unspecified atom stereocenters. The van der Waals surface area contributed by atoms with Crippen molar-refractivity contribution in [3.05, 3.63) is 55.4 Å². The molecule has 1 aliphatic heterocycles. The van der Waals surface area contributed by atoms with Crippen LogP contribution in [0.3, 0.4) is 0 Å². The number of fused-ring (bicyclic) bond motifs is 1. The van der Waals surface area contributed by atoms with Crippen LogP contribution < -0.4 is 10.1 Å². The second-order valence-corrected chi connectivity index (χ2v) is 7.39. The Bertz CT molecular complexity index is 645. The fourth-order valence-corrected chi connectivity index (χ4v) is 3.42. The molecule has 104 valence electrons. The van der Waals surface area contributed by atoms with E-state index >= 15 is 0 Å². The Labute approximate surface area is 143 Å². The highest BCUT2D eigenvalue weighted by Crippen LogP contribution is 2.32. The molecule has 0 amide bonds. The summed E-state index contributed by atoms with van der Waals surface area (Å²) < 4.78 is 9.16. The molecular weight excluding hydrogens is 450 g/mol. The van der Waals surface area contributed by atoms with Gasteiger partial charge in [0.1, 0.15) is 11.9 Å². The number of nitrogens with one attached hydrogen (secondary N) is 1. The van der Waals surface area contributed by atoms with E-state index in [4.69, 9.17) is 4.74 Å². The van der Waals surface area contributed by atoms with Crippen molar-refractivity contribution in [1.82, 2.24) is 0 Å². The minimum Gasteiger partial charge on any atom is -0.488 e. The third-order valence-corrected chi connectivity index (χ3v) is 4.89. The molecule has 20 heavy (non-hydrogen) atoms. The zero-order valence-corrected chi connectivity index (χ0v) is 15.3. The number of ether oxygens (including phenoxy) is 1. The molecule has 0 spiro atoms. The molecule has 0 saturated carbocycles. The van der Waals surface area contributed by atoms with Crippen molar-refractivity contribution in [2.45, 2.75) is 12.5 Å². The summed E-state index contributed by atoms with van der Waals surface area (Å²) in [4.78, 5) is 0. The molecule has 0 aliphatic carbocycles. The SMILES string of the molecule is Brc1ccc2c(c1)CC(CNc1cc(Br)ccc1Br)O2. The maximum atomic E-state index is 5.94. The van der Waals surface area contributed by atoms with Gasteiger partial charge in [-0.15, -0.1) is 0 Å². The summed E-state index contributed by atoms with van der Waals surface area (Å²) in [6, 6.07) is 12.3. The number of hydrogen-bond donors (Lipinski definition) is 1. The van der Waals surface area contributed by atoms with E-state index in [1.165, 1.54) is 5.56 Å². The zero-order valence-electron chi connectivity index (χ0n) is 10.5. The first-order valence-electron chi connectivity index (χ1n) is 6.26. The standard InChI is InChI=1S/C15H12Br3NO/c16-10-2-4-15-9(5-10)6-12(20-15)8-19-14-7-11(17)1-3-13(14)18/h1-5,7,12,19H,6,8H2. The van der Waals surface area contributed by atoms with Gasteiger partial charge in [-0.2, -0.15) is 0 Å². The maximum absolute atomic E-state index is 5.94. The normalized spacial score (nSPS) is 16.6. The predicted molar refractivity (Wildman–Crippen MR) is 92.6 cm³/mol. The minimum absolute atomic E-state index is 0.171. The first kappa shape index (κ1) is 14.4. The summed E-state index contributed by atoms with van der Waals surface area (Å²) in [6.07, 6.45) is 1.11. The van der Waals surface area contributed by atoms with Gasteiger partial charge in [0.15, 0.2) is 0 Å². The molecule has 0 radical (unpaired) electrons.